The minimum absolute atomic E-state index is 0.0224. The van der Waals surface area contributed by atoms with E-state index in [4.69, 9.17) is 9.84 Å². The van der Waals surface area contributed by atoms with Crippen molar-refractivity contribution in [2.45, 2.75) is 33.0 Å². The molecule has 1 aliphatic rings. The van der Waals surface area contributed by atoms with Crippen LogP contribution in [0.3, 0.4) is 0 Å². The summed E-state index contributed by atoms with van der Waals surface area (Å²) >= 11 is 0. The molecule has 1 N–H and O–H groups in total. The number of hydrogen-bond acceptors (Lipinski definition) is 7. The molecule has 5 rings (SSSR count). The quantitative estimate of drug-likeness (QED) is 0.376. The first kappa shape index (κ1) is 27.3. The van der Waals surface area contributed by atoms with Crippen molar-refractivity contribution in [1.82, 2.24) is 24.2 Å². The topological polar surface area (TPSA) is 106 Å². The van der Waals surface area contributed by atoms with Gasteiger partial charge >= 0.3 is 6.61 Å². The first-order chi connectivity index (χ1) is 19.2. The molecular weight excluding hydrogens is 522 g/mol. The Hall–Kier alpha value is -4.32. The fourth-order valence-corrected chi connectivity index (χ4v) is 5.15. The molecular formula is C28H30F2N6O4. The maximum absolute atomic E-state index is 13.0. The van der Waals surface area contributed by atoms with Crippen LogP contribution in [0.1, 0.15) is 18.1 Å². The van der Waals surface area contributed by atoms with Crippen LogP contribution in [0.5, 0.6) is 5.75 Å². The number of amides is 1. The van der Waals surface area contributed by atoms with Gasteiger partial charge in [-0.05, 0) is 37.6 Å². The predicted octanol–water partition coefficient (Wildman–Crippen LogP) is 2.78. The highest BCUT2D eigenvalue weighted by molar-refractivity contribution is 5.84. The van der Waals surface area contributed by atoms with Gasteiger partial charge in [0.2, 0.25) is 11.9 Å². The predicted molar refractivity (Wildman–Crippen MR) is 146 cm³/mol. The molecule has 1 aliphatic heterocycles. The molecule has 12 heteroatoms. The number of aromatic nitrogens is 4. The lowest BCUT2D eigenvalue weighted by molar-refractivity contribution is -0.134. The second-order valence-electron chi connectivity index (χ2n) is 9.92. The summed E-state index contributed by atoms with van der Waals surface area (Å²) in [5.74, 6) is 0.305. The molecule has 2 aromatic carbocycles. The highest BCUT2D eigenvalue weighted by atomic mass is 19.3. The number of anilines is 1. The summed E-state index contributed by atoms with van der Waals surface area (Å²) < 4.78 is 34.0. The van der Waals surface area contributed by atoms with Crippen molar-refractivity contribution in [3.05, 3.63) is 70.3 Å². The fraction of sp³-hybridized carbons (Fsp3) is 0.357. The van der Waals surface area contributed by atoms with E-state index in [0.717, 1.165) is 16.7 Å². The summed E-state index contributed by atoms with van der Waals surface area (Å²) in [6, 6.07) is 10.4. The van der Waals surface area contributed by atoms with Crippen LogP contribution in [0.15, 0.2) is 53.6 Å². The maximum atomic E-state index is 13.0. The Bertz CT molecular complexity index is 1600. The number of fused-ring (bicyclic) bond motifs is 1. The molecule has 0 aliphatic carbocycles. The van der Waals surface area contributed by atoms with E-state index in [9.17, 15) is 18.4 Å². The van der Waals surface area contributed by atoms with Crippen molar-refractivity contribution in [2.24, 2.45) is 7.05 Å². The van der Waals surface area contributed by atoms with Gasteiger partial charge in [0, 0.05) is 56.2 Å². The van der Waals surface area contributed by atoms with Crippen LogP contribution in [0.2, 0.25) is 0 Å². The first-order valence-electron chi connectivity index (χ1n) is 12.9. The number of rotatable bonds is 7. The third-order valence-corrected chi connectivity index (χ3v) is 7.26. The highest BCUT2D eigenvalue weighted by Crippen LogP contribution is 2.27. The van der Waals surface area contributed by atoms with Gasteiger partial charge in [-0.15, -0.1) is 0 Å². The Kier molecular flexibility index (Phi) is 7.53. The molecule has 1 amide bonds. The monoisotopic (exact) mass is 552 g/mol. The zero-order chi connectivity index (χ0) is 28.6. The molecule has 1 unspecified atom stereocenters. The lowest BCUT2D eigenvalue weighted by atomic mass is 10.1. The Labute approximate surface area is 229 Å². The van der Waals surface area contributed by atoms with Gasteiger partial charge in [-0.25, -0.2) is 9.97 Å². The van der Waals surface area contributed by atoms with Crippen LogP contribution < -0.4 is 15.2 Å². The number of alkyl halides is 2. The molecule has 4 aromatic rings. The van der Waals surface area contributed by atoms with Crippen LogP contribution in [0.25, 0.3) is 22.0 Å². The number of carbonyl (C=O) groups excluding carboxylic acids is 1. The zero-order valence-electron chi connectivity index (χ0n) is 22.4. The van der Waals surface area contributed by atoms with Gasteiger partial charge in [0.15, 0.2) is 0 Å². The van der Waals surface area contributed by atoms with Crippen molar-refractivity contribution in [1.29, 1.82) is 0 Å². The van der Waals surface area contributed by atoms with E-state index in [-0.39, 0.29) is 29.8 Å². The molecule has 0 saturated carbocycles. The summed E-state index contributed by atoms with van der Waals surface area (Å²) in [6.45, 7) is 2.01. The molecule has 210 valence electrons. The van der Waals surface area contributed by atoms with Crippen molar-refractivity contribution >= 4 is 22.8 Å². The minimum Gasteiger partial charge on any atom is -0.434 e. The number of aryl methyl sites for hydroxylation is 1. The normalized spacial score (nSPS) is 15.7. The molecule has 0 bridgehead atoms. The lowest BCUT2D eigenvalue weighted by Gasteiger charge is -2.39. The average Bonchev–Trinajstić information content (AvgIpc) is 3.18. The third-order valence-electron chi connectivity index (χ3n) is 7.26. The number of hydrogen-bond donors (Lipinski definition) is 1. The van der Waals surface area contributed by atoms with Gasteiger partial charge in [0.1, 0.15) is 12.4 Å². The molecule has 3 heterocycles. The van der Waals surface area contributed by atoms with E-state index in [1.807, 2.05) is 30.9 Å². The molecule has 0 spiro atoms. The third kappa shape index (κ3) is 5.26. The number of ether oxygens (including phenoxy) is 1. The molecule has 1 atom stereocenters. The number of halogens is 2. The number of benzene rings is 2. The van der Waals surface area contributed by atoms with E-state index in [2.05, 4.69) is 9.97 Å². The number of nitrogens with zero attached hydrogens (tertiary/aromatic N) is 6. The fourth-order valence-electron chi connectivity index (χ4n) is 5.15. The summed E-state index contributed by atoms with van der Waals surface area (Å²) in [6.07, 6.45) is 3.42. The maximum Gasteiger partial charge on any atom is 0.387 e. The minimum atomic E-state index is -2.96. The lowest BCUT2D eigenvalue weighted by Crippen LogP contribution is -2.54. The summed E-state index contributed by atoms with van der Waals surface area (Å²) in [7, 11) is 1.64. The van der Waals surface area contributed by atoms with Crippen LogP contribution in [0.4, 0.5) is 14.7 Å². The highest BCUT2D eigenvalue weighted by Gasteiger charge is 2.28. The van der Waals surface area contributed by atoms with Crippen molar-refractivity contribution in [2.75, 3.05) is 31.1 Å². The van der Waals surface area contributed by atoms with E-state index in [1.54, 1.807) is 47.2 Å². The average molecular weight is 553 g/mol. The van der Waals surface area contributed by atoms with Gasteiger partial charge < -0.3 is 19.6 Å². The summed E-state index contributed by atoms with van der Waals surface area (Å²) in [5, 5.41) is 9.64. The van der Waals surface area contributed by atoms with Crippen molar-refractivity contribution < 1.29 is 23.4 Å². The van der Waals surface area contributed by atoms with Crippen molar-refractivity contribution in [3.63, 3.8) is 0 Å². The van der Waals surface area contributed by atoms with Gasteiger partial charge in [-0.1, -0.05) is 23.8 Å². The molecule has 40 heavy (non-hydrogen) atoms. The largest absolute Gasteiger partial charge is 0.434 e. The van der Waals surface area contributed by atoms with Crippen LogP contribution in [0, 0.1) is 6.92 Å². The van der Waals surface area contributed by atoms with E-state index in [1.165, 1.54) is 10.7 Å². The number of carbonyl (C=O) groups is 1. The van der Waals surface area contributed by atoms with Gasteiger partial charge in [-0.2, -0.15) is 8.78 Å². The Balaban J connectivity index is 1.44. The molecule has 2 aromatic heterocycles. The molecule has 10 nitrogen and oxygen atoms in total. The van der Waals surface area contributed by atoms with Crippen LogP contribution in [-0.4, -0.2) is 74.1 Å². The Morgan fingerprint density at radius 1 is 1.12 bits per heavy atom. The second-order valence-corrected chi connectivity index (χ2v) is 9.92. The van der Waals surface area contributed by atoms with Gasteiger partial charge in [0.25, 0.3) is 5.56 Å². The SMILES string of the molecule is Cc1ccc(OC(F)F)c(Cn2c3cc(-c4cnc(N5CCN(C(=O)CO)CC5C)nc4)ccc3c(=O)n2C)c1. The van der Waals surface area contributed by atoms with Gasteiger partial charge in [-0.3, -0.25) is 19.0 Å². The van der Waals surface area contributed by atoms with Crippen molar-refractivity contribution in [3.8, 4) is 16.9 Å². The smallest absolute Gasteiger partial charge is 0.387 e. The first-order valence-corrected chi connectivity index (χ1v) is 12.9. The molecule has 1 fully saturated rings. The Morgan fingerprint density at radius 3 is 2.55 bits per heavy atom. The standard InChI is InChI=1S/C28H30F2N6O4/c1-17-4-7-24(40-27(29)30)20(10-17)15-36-23-11-19(5-6-22(23)26(39)33(36)3)21-12-31-28(32-13-21)35-9-8-34(14-18(35)2)25(38)16-37/h4-7,10-13,18,27,37H,8-9,14-16H2,1-3H3. The number of aliphatic hydroxyl groups excluding tert-OH is 1. The van der Waals surface area contributed by atoms with E-state index >= 15 is 0 Å². The molecule has 1 saturated heterocycles. The Morgan fingerprint density at radius 2 is 1.88 bits per heavy atom. The number of piperazine rings is 1. The zero-order valence-corrected chi connectivity index (χ0v) is 22.4. The van der Waals surface area contributed by atoms with E-state index in [0.29, 0.717) is 42.0 Å². The van der Waals surface area contributed by atoms with Crippen LogP contribution >= 0.6 is 0 Å². The summed E-state index contributed by atoms with van der Waals surface area (Å²) in [4.78, 5) is 37.6. The van der Waals surface area contributed by atoms with Gasteiger partial charge in [0.05, 0.1) is 17.4 Å². The number of aliphatic hydroxyl groups is 1. The molecule has 0 radical (unpaired) electrons. The summed E-state index contributed by atoms with van der Waals surface area (Å²) in [5.41, 5.74) is 3.37. The van der Waals surface area contributed by atoms with Crippen LogP contribution in [-0.2, 0) is 18.4 Å². The second kappa shape index (κ2) is 11.0. The van der Waals surface area contributed by atoms with E-state index < -0.39 is 13.2 Å².